The van der Waals surface area contributed by atoms with Gasteiger partial charge < -0.3 is 0 Å². The molecule has 0 saturated heterocycles. The summed E-state index contributed by atoms with van der Waals surface area (Å²) in [5.74, 6) is 0. The largest absolute Gasteiger partial charge is 0.159 e. The van der Waals surface area contributed by atoms with Gasteiger partial charge in [-0.3, -0.25) is 0 Å². The van der Waals surface area contributed by atoms with Crippen LogP contribution < -0.4 is 0 Å². The summed E-state index contributed by atoms with van der Waals surface area (Å²) in [4.78, 5) is 0. The lowest BCUT2D eigenvalue weighted by Crippen LogP contribution is -1.81. The highest BCUT2D eigenvalue weighted by Gasteiger charge is 1.93. The standard InChI is InChI=1S/C10H7N2/c1-2-4-9(5-3-1)10-6-7-11-12-8-10/h1-4,6-8H. The third kappa shape index (κ3) is 1.32. The molecule has 0 bridgehead atoms. The Hall–Kier alpha value is -1.70. The van der Waals surface area contributed by atoms with Crippen LogP contribution in [0.5, 0.6) is 0 Å². The second-order valence-electron chi connectivity index (χ2n) is 2.41. The van der Waals surface area contributed by atoms with Crippen LogP contribution in [0, 0.1) is 6.07 Å². The van der Waals surface area contributed by atoms with E-state index in [1.54, 1.807) is 12.4 Å². The lowest BCUT2D eigenvalue weighted by Gasteiger charge is -1.96. The lowest BCUT2D eigenvalue weighted by atomic mass is 10.1. The van der Waals surface area contributed by atoms with Gasteiger partial charge in [0.2, 0.25) is 0 Å². The molecule has 0 aliphatic heterocycles. The third-order valence-electron chi connectivity index (χ3n) is 1.60. The average Bonchev–Trinajstić information content (AvgIpc) is 2.21. The normalized spacial score (nSPS) is 9.67. The molecule has 0 atom stereocenters. The van der Waals surface area contributed by atoms with Crippen molar-refractivity contribution in [2.45, 2.75) is 0 Å². The van der Waals surface area contributed by atoms with E-state index in [1.807, 2.05) is 30.3 Å². The molecule has 12 heavy (non-hydrogen) atoms. The zero-order valence-electron chi connectivity index (χ0n) is 6.44. The molecule has 0 saturated carbocycles. The molecule has 0 unspecified atom stereocenters. The highest BCUT2D eigenvalue weighted by Crippen LogP contribution is 2.14. The van der Waals surface area contributed by atoms with Crippen molar-refractivity contribution in [3.05, 3.63) is 48.8 Å². The Morgan fingerprint density at radius 2 is 2.08 bits per heavy atom. The Balaban J connectivity index is 2.46. The third-order valence-corrected chi connectivity index (χ3v) is 1.60. The molecule has 0 aliphatic rings. The summed E-state index contributed by atoms with van der Waals surface area (Å²) < 4.78 is 0. The van der Waals surface area contributed by atoms with Gasteiger partial charge in [-0.1, -0.05) is 24.3 Å². The molecule has 1 aromatic heterocycles. The first-order valence-electron chi connectivity index (χ1n) is 3.70. The summed E-state index contributed by atoms with van der Waals surface area (Å²) in [7, 11) is 0. The van der Waals surface area contributed by atoms with Crippen LogP contribution in [0.2, 0.25) is 0 Å². The van der Waals surface area contributed by atoms with Gasteiger partial charge >= 0.3 is 0 Å². The first-order valence-corrected chi connectivity index (χ1v) is 3.70. The number of hydrogen-bond donors (Lipinski definition) is 0. The summed E-state index contributed by atoms with van der Waals surface area (Å²) in [5.41, 5.74) is 2.10. The zero-order valence-corrected chi connectivity index (χ0v) is 6.44. The minimum atomic E-state index is 1.05. The Kier molecular flexibility index (Phi) is 1.82. The van der Waals surface area contributed by atoms with Crippen molar-refractivity contribution < 1.29 is 0 Å². The van der Waals surface area contributed by atoms with Crippen LogP contribution >= 0.6 is 0 Å². The van der Waals surface area contributed by atoms with Gasteiger partial charge in [0.25, 0.3) is 0 Å². The van der Waals surface area contributed by atoms with E-state index in [0.717, 1.165) is 11.1 Å². The minimum absolute atomic E-state index is 1.05. The lowest BCUT2D eigenvalue weighted by molar-refractivity contribution is 1.03. The topological polar surface area (TPSA) is 25.8 Å². The highest BCUT2D eigenvalue weighted by molar-refractivity contribution is 5.60. The molecule has 1 radical (unpaired) electrons. The van der Waals surface area contributed by atoms with Gasteiger partial charge in [0, 0.05) is 5.56 Å². The van der Waals surface area contributed by atoms with E-state index in [1.165, 1.54) is 0 Å². The molecule has 0 amide bonds. The van der Waals surface area contributed by atoms with E-state index in [2.05, 4.69) is 16.3 Å². The van der Waals surface area contributed by atoms with Crippen LogP contribution in [0.25, 0.3) is 11.1 Å². The second-order valence-corrected chi connectivity index (χ2v) is 2.41. The van der Waals surface area contributed by atoms with Gasteiger partial charge in [-0.15, -0.1) is 0 Å². The fourth-order valence-corrected chi connectivity index (χ4v) is 1.02. The van der Waals surface area contributed by atoms with Gasteiger partial charge in [0.05, 0.1) is 12.4 Å². The first-order chi connectivity index (χ1) is 5.97. The van der Waals surface area contributed by atoms with Crippen LogP contribution in [0.3, 0.4) is 0 Å². The maximum absolute atomic E-state index is 3.79. The number of nitrogens with zero attached hydrogens (tertiary/aromatic N) is 2. The summed E-state index contributed by atoms with van der Waals surface area (Å²) in [5, 5.41) is 7.50. The number of rotatable bonds is 1. The van der Waals surface area contributed by atoms with Gasteiger partial charge in [0.1, 0.15) is 0 Å². The molecule has 0 N–H and O–H groups in total. The minimum Gasteiger partial charge on any atom is -0.159 e. The van der Waals surface area contributed by atoms with Crippen molar-refractivity contribution in [2.24, 2.45) is 0 Å². The highest BCUT2D eigenvalue weighted by atomic mass is 15.1. The maximum Gasteiger partial charge on any atom is 0.0574 e. The van der Waals surface area contributed by atoms with Gasteiger partial charge in [-0.05, 0) is 17.7 Å². The van der Waals surface area contributed by atoms with Crippen molar-refractivity contribution in [3.63, 3.8) is 0 Å². The second kappa shape index (κ2) is 3.13. The Bertz CT molecular complexity index is 305. The zero-order chi connectivity index (χ0) is 8.23. The predicted octanol–water partition coefficient (Wildman–Crippen LogP) is 1.94. The summed E-state index contributed by atoms with van der Waals surface area (Å²) in [6.45, 7) is 0. The first kappa shape index (κ1) is 6.98. The van der Waals surface area contributed by atoms with Crippen LogP contribution in [-0.4, -0.2) is 10.2 Å². The Morgan fingerprint density at radius 3 is 2.75 bits per heavy atom. The quantitative estimate of drug-likeness (QED) is 0.629. The van der Waals surface area contributed by atoms with Crippen molar-refractivity contribution in [3.8, 4) is 11.1 Å². The molecule has 1 aromatic carbocycles. The van der Waals surface area contributed by atoms with Gasteiger partial charge in [0.15, 0.2) is 0 Å². The average molecular weight is 155 g/mol. The number of benzene rings is 1. The van der Waals surface area contributed by atoms with E-state index in [0.29, 0.717) is 0 Å². The molecule has 2 rings (SSSR count). The van der Waals surface area contributed by atoms with E-state index >= 15 is 0 Å². The number of hydrogen-bond acceptors (Lipinski definition) is 2. The van der Waals surface area contributed by atoms with Crippen LogP contribution in [0.4, 0.5) is 0 Å². The van der Waals surface area contributed by atoms with Crippen LogP contribution in [0.15, 0.2) is 42.7 Å². The molecule has 57 valence electrons. The van der Waals surface area contributed by atoms with E-state index in [-0.39, 0.29) is 0 Å². The molecule has 1 heterocycles. The van der Waals surface area contributed by atoms with Crippen molar-refractivity contribution in [1.82, 2.24) is 10.2 Å². The number of aromatic nitrogens is 2. The fourth-order valence-electron chi connectivity index (χ4n) is 1.02. The van der Waals surface area contributed by atoms with Crippen LogP contribution in [0.1, 0.15) is 0 Å². The van der Waals surface area contributed by atoms with E-state index in [9.17, 15) is 0 Å². The van der Waals surface area contributed by atoms with Gasteiger partial charge in [-0.2, -0.15) is 10.2 Å². The summed E-state index contributed by atoms with van der Waals surface area (Å²) in [6, 6.07) is 12.8. The predicted molar refractivity (Wildman–Crippen MR) is 46.3 cm³/mol. The molecular weight excluding hydrogens is 148 g/mol. The summed E-state index contributed by atoms with van der Waals surface area (Å²) in [6.07, 6.45) is 3.40. The van der Waals surface area contributed by atoms with Crippen molar-refractivity contribution in [1.29, 1.82) is 0 Å². The molecule has 0 aliphatic carbocycles. The van der Waals surface area contributed by atoms with Gasteiger partial charge in [-0.25, -0.2) is 0 Å². The molecule has 0 spiro atoms. The maximum atomic E-state index is 3.79. The van der Waals surface area contributed by atoms with Crippen LogP contribution in [-0.2, 0) is 0 Å². The van der Waals surface area contributed by atoms with E-state index in [4.69, 9.17) is 0 Å². The molecular formula is C10H7N2. The van der Waals surface area contributed by atoms with E-state index < -0.39 is 0 Å². The SMILES string of the molecule is [c]1ccccc1-c1ccnnc1. The van der Waals surface area contributed by atoms with Crippen molar-refractivity contribution >= 4 is 0 Å². The molecule has 2 aromatic rings. The Morgan fingerprint density at radius 1 is 1.08 bits per heavy atom. The monoisotopic (exact) mass is 155 g/mol. The molecule has 2 nitrogen and oxygen atoms in total. The Labute approximate surface area is 70.9 Å². The summed E-state index contributed by atoms with van der Waals surface area (Å²) >= 11 is 0. The smallest absolute Gasteiger partial charge is 0.0574 e. The van der Waals surface area contributed by atoms with Crippen molar-refractivity contribution in [2.75, 3.05) is 0 Å². The fraction of sp³-hybridized carbons (Fsp3) is 0. The molecule has 2 heteroatoms. The molecule has 0 fully saturated rings.